The molecule has 2 aromatic carbocycles. The summed E-state index contributed by atoms with van der Waals surface area (Å²) in [6, 6.07) is 17.3. The Morgan fingerprint density at radius 2 is 1.72 bits per heavy atom. The molecule has 1 heterocycles. The number of ether oxygens (including phenoxy) is 1. The molecule has 3 nitrogen and oxygen atoms in total. The molecule has 1 amide bonds. The number of para-hydroxylation sites is 2. The maximum absolute atomic E-state index is 11.8. The van der Waals surface area contributed by atoms with Gasteiger partial charge in [-0.1, -0.05) is 42.5 Å². The van der Waals surface area contributed by atoms with Crippen LogP contribution >= 0.6 is 0 Å². The van der Waals surface area contributed by atoms with Gasteiger partial charge in [-0.25, -0.2) is 0 Å². The van der Waals surface area contributed by atoms with Crippen LogP contribution in [0, 0.1) is 0 Å². The van der Waals surface area contributed by atoms with Gasteiger partial charge in [0.2, 0.25) is 5.91 Å². The summed E-state index contributed by atoms with van der Waals surface area (Å²) in [6.45, 7) is 0. The zero-order valence-corrected chi connectivity index (χ0v) is 9.80. The number of anilines is 1. The highest BCUT2D eigenvalue weighted by molar-refractivity contribution is 5.93. The first-order chi connectivity index (χ1) is 8.83. The molecule has 0 aromatic heterocycles. The largest absolute Gasteiger partial charge is 0.483 e. The Bertz CT molecular complexity index is 566. The first-order valence-corrected chi connectivity index (χ1v) is 5.93. The number of benzene rings is 2. The van der Waals surface area contributed by atoms with Crippen LogP contribution in [0.25, 0.3) is 0 Å². The monoisotopic (exact) mass is 239 g/mol. The van der Waals surface area contributed by atoms with E-state index in [-0.39, 0.29) is 12.0 Å². The van der Waals surface area contributed by atoms with Crippen LogP contribution in [0.1, 0.15) is 18.1 Å². The summed E-state index contributed by atoms with van der Waals surface area (Å²) in [5.41, 5.74) is 1.75. The van der Waals surface area contributed by atoms with Gasteiger partial charge in [0.1, 0.15) is 11.9 Å². The standard InChI is InChI=1S/C15H13NO2/c17-15-10-14(11-6-2-1-3-7-11)18-13-9-5-4-8-12(13)16-15/h1-9,14H,10H2,(H,16,17). The third kappa shape index (κ3) is 2.07. The summed E-state index contributed by atoms with van der Waals surface area (Å²) in [4.78, 5) is 11.8. The third-order valence-electron chi connectivity index (χ3n) is 2.97. The summed E-state index contributed by atoms with van der Waals surface area (Å²) in [7, 11) is 0. The van der Waals surface area contributed by atoms with E-state index in [4.69, 9.17) is 4.74 Å². The van der Waals surface area contributed by atoms with Gasteiger partial charge >= 0.3 is 0 Å². The van der Waals surface area contributed by atoms with Crippen molar-refractivity contribution in [2.24, 2.45) is 0 Å². The Labute approximate surface area is 105 Å². The van der Waals surface area contributed by atoms with E-state index >= 15 is 0 Å². The van der Waals surface area contributed by atoms with Crippen LogP contribution in [-0.4, -0.2) is 5.91 Å². The van der Waals surface area contributed by atoms with Crippen molar-refractivity contribution >= 4 is 11.6 Å². The first-order valence-electron chi connectivity index (χ1n) is 5.93. The Kier molecular flexibility index (Phi) is 2.73. The van der Waals surface area contributed by atoms with Crippen molar-refractivity contribution in [2.75, 3.05) is 5.32 Å². The van der Waals surface area contributed by atoms with Gasteiger partial charge in [0.25, 0.3) is 0 Å². The molecule has 2 aromatic rings. The summed E-state index contributed by atoms with van der Waals surface area (Å²) < 4.78 is 5.93. The summed E-state index contributed by atoms with van der Waals surface area (Å²) in [5.74, 6) is 0.700. The predicted molar refractivity (Wildman–Crippen MR) is 69.5 cm³/mol. The molecule has 0 saturated heterocycles. The molecule has 18 heavy (non-hydrogen) atoms. The molecular weight excluding hydrogens is 226 g/mol. The van der Waals surface area contributed by atoms with Crippen LogP contribution in [0.3, 0.4) is 0 Å². The van der Waals surface area contributed by atoms with E-state index < -0.39 is 0 Å². The summed E-state index contributed by atoms with van der Waals surface area (Å²) >= 11 is 0. The van der Waals surface area contributed by atoms with Gasteiger partial charge in [-0.15, -0.1) is 0 Å². The molecular formula is C15H13NO2. The molecule has 1 unspecified atom stereocenters. The van der Waals surface area contributed by atoms with Crippen LogP contribution in [0.2, 0.25) is 0 Å². The fraction of sp³-hybridized carbons (Fsp3) is 0.133. The number of hydrogen-bond donors (Lipinski definition) is 1. The van der Waals surface area contributed by atoms with E-state index in [0.29, 0.717) is 6.42 Å². The lowest BCUT2D eigenvalue weighted by Crippen LogP contribution is -2.14. The molecule has 3 rings (SSSR count). The maximum Gasteiger partial charge on any atom is 0.228 e. The van der Waals surface area contributed by atoms with E-state index in [1.165, 1.54) is 0 Å². The quantitative estimate of drug-likeness (QED) is 0.830. The van der Waals surface area contributed by atoms with E-state index in [0.717, 1.165) is 17.0 Å². The van der Waals surface area contributed by atoms with Gasteiger partial charge < -0.3 is 10.1 Å². The van der Waals surface area contributed by atoms with Gasteiger partial charge in [0, 0.05) is 0 Å². The van der Waals surface area contributed by atoms with Crippen LogP contribution in [0.15, 0.2) is 54.6 Å². The normalized spacial score (nSPS) is 18.2. The van der Waals surface area contributed by atoms with Gasteiger partial charge in [-0.3, -0.25) is 4.79 Å². The van der Waals surface area contributed by atoms with Crippen LogP contribution in [-0.2, 0) is 4.79 Å². The second-order valence-electron chi connectivity index (χ2n) is 4.27. The minimum Gasteiger partial charge on any atom is -0.483 e. The minimum atomic E-state index is -0.227. The number of amides is 1. The molecule has 0 spiro atoms. The van der Waals surface area contributed by atoms with Crippen molar-refractivity contribution in [1.82, 2.24) is 0 Å². The minimum absolute atomic E-state index is 0.0196. The van der Waals surface area contributed by atoms with Gasteiger partial charge in [-0.2, -0.15) is 0 Å². The van der Waals surface area contributed by atoms with Crippen molar-refractivity contribution in [2.45, 2.75) is 12.5 Å². The van der Waals surface area contributed by atoms with E-state index in [9.17, 15) is 4.79 Å². The van der Waals surface area contributed by atoms with Crippen molar-refractivity contribution in [3.8, 4) is 5.75 Å². The lowest BCUT2D eigenvalue weighted by Gasteiger charge is -2.16. The average Bonchev–Trinajstić information content (AvgIpc) is 2.57. The van der Waals surface area contributed by atoms with Crippen molar-refractivity contribution in [3.63, 3.8) is 0 Å². The maximum atomic E-state index is 11.8. The molecule has 90 valence electrons. The number of hydrogen-bond acceptors (Lipinski definition) is 2. The zero-order chi connectivity index (χ0) is 12.4. The molecule has 0 aliphatic carbocycles. The highest BCUT2D eigenvalue weighted by atomic mass is 16.5. The Morgan fingerprint density at radius 3 is 2.56 bits per heavy atom. The lowest BCUT2D eigenvalue weighted by molar-refractivity contribution is -0.117. The van der Waals surface area contributed by atoms with Gasteiger partial charge in [0.05, 0.1) is 12.1 Å². The van der Waals surface area contributed by atoms with Crippen molar-refractivity contribution in [1.29, 1.82) is 0 Å². The molecule has 0 saturated carbocycles. The molecule has 0 radical (unpaired) electrons. The molecule has 0 fully saturated rings. The van der Waals surface area contributed by atoms with Crippen molar-refractivity contribution < 1.29 is 9.53 Å². The number of fused-ring (bicyclic) bond motifs is 1. The van der Waals surface area contributed by atoms with Gasteiger partial charge in [-0.05, 0) is 17.7 Å². The SMILES string of the molecule is O=C1CC(c2ccccc2)Oc2ccccc2N1. The van der Waals surface area contributed by atoms with Crippen molar-refractivity contribution in [3.05, 3.63) is 60.2 Å². The molecule has 1 atom stereocenters. The van der Waals surface area contributed by atoms with E-state index in [1.54, 1.807) is 0 Å². The number of rotatable bonds is 1. The summed E-state index contributed by atoms with van der Waals surface area (Å²) in [5, 5.41) is 2.86. The topological polar surface area (TPSA) is 38.3 Å². The average molecular weight is 239 g/mol. The first kappa shape index (κ1) is 10.8. The number of nitrogens with one attached hydrogen (secondary N) is 1. The highest BCUT2D eigenvalue weighted by Crippen LogP contribution is 2.33. The fourth-order valence-electron chi connectivity index (χ4n) is 2.09. The van der Waals surface area contributed by atoms with E-state index in [2.05, 4.69) is 5.32 Å². The lowest BCUT2D eigenvalue weighted by atomic mass is 10.1. The number of carbonyl (C=O) groups excluding carboxylic acids is 1. The van der Waals surface area contributed by atoms with E-state index in [1.807, 2.05) is 54.6 Å². The number of carbonyl (C=O) groups is 1. The molecule has 0 bridgehead atoms. The Morgan fingerprint density at radius 1 is 1.00 bits per heavy atom. The molecule has 1 aliphatic rings. The molecule has 1 N–H and O–H groups in total. The van der Waals surface area contributed by atoms with Crippen LogP contribution in [0.5, 0.6) is 5.75 Å². The predicted octanol–water partition coefficient (Wildman–Crippen LogP) is 3.15. The molecule has 3 heteroatoms. The van der Waals surface area contributed by atoms with Crippen LogP contribution in [0.4, 0.5) is 5.69 Å². The zero-order valence-electron chi connectivity index (χ0n) is 9.80. The summed E-state index contributed by atoms with van der Waals surface area (Å²) in [6.07, 6.45) is 0.105. The fourth-order valence-corrected chi connectivity index (χ4v) is 2.09. The third-order valence-corrected chi connectivity index (χ3v) is 2.97. The molecule has 1 aliphatic heterocycles. The Balaban J connectivity index is 1.97. The Hall–Kier alpha value is -2.29. The van der Waals surface area contributed by atoms with Crippen LogP contribution < -0.4 is 10.1 Å². The highest BCUT2D eigenvalue weighted by Gasteiger charge is 2.23. The second kappa shape index (κ2) is 4.53. The second-order valence-corrected chi connectivity index (χ2v) is 4.27. The van der Waals surface area contributed by atoms with Gasteiger partial charge in [0.15, 0.2) is 0 Å². The smallest absolute Gasteiger partial charge is 0.228 e.